The molecule has 35 heavy (non-hydrogen) atoms. The van der Waals surface area contributed by atoms with Crippen LogP contribution in [0.5, 0.6) is 0 Å². The number of carbonyl (C=O) groups is 2. The predicted molar refractivity (Wildman–Crippen MR) is 134 cm³/mol. The van der Waals surface area contributed by atoms with E-state index in [1.807, 2.05) is 39.0 Å². The van der Waals surface area contributed by atoms with Crippen LogP contribution in [0.15, 0.2) is 35.1 Å². The van der Waals surface area contributed by atoms with Crippen LogP contribution in [-0.2, 0) is 16.8 Å². The fourth-order valence-corrected chi connectivity index (χ4v) is 5.10. The minimum atomic E-state index is -0.963. The zero-order valence-electron chi connectivity index (χ0n) is 20.5. The molecule has 2 amide bonds. The van der Waals surface area contributed by atoms with E-state index in [2.05, 4.69) is 15.3 Å². The van der Waals surface area contributed by atoms with Crippen molar-refractivity contribution in [2.24, 2.45) is 22.4 Å². The normalized spacial score (nSPS) is 24.2. The minimum Gasteiger partial charge on any atom is -0.481 e. The molecule has 1 saturated carbocycles. The summed E-state index contributed by atoms with van der Waals surface area (Å²) in [5.74, 6) is -0.560. The lowest BCUT2D eigenvalue weighted by Crippen LogP contribution is -2.56. The molecule has 1 aromatic carbocycles. The SMILES string of the molecule is CC(C)(CCc1ccc([C@]2(C)NC(=O)N(CCC(=O)O)C=C2[C@H]2C[C@@H](CO)C2)cc1Cl)CN=[N+]=[N-]. The second kappa shape index (κ2) is 10.9. The number of nitrogens with one attached hydrogen (secondary N) is 1. The second-order valence-corrected chi connectivity index (χ2v) is 11.0. The van der Waals surface area contributed by atoms with Gasteiger partial charge in [0.2, 0.25) is 0 Å². The molecule has 3 N–H and O–H groups in total. The van der Waals surface area contributed by atoms with Crippen molar-refractivity contribution in [3.8, 4) is 0 Å². The second-order valence-electron chi connectivity index (χ2n) is 10.6. The maximum absolute atomic E-state index is 12.9. The van der Waals surface area contributed by atoms with Crippen molar-refractivity contribution in [2.45, 2.75) is 58.4 Å². The average Bonchev–Trinajstić information content (AvgIpc) is 2.76. The number of carbonyl (C=O) groups excluding carboxylic acids is 1. The predicted octanol–water partition coefficient (Wildman–Crippen LogP) is 5.23. The highest BCUT2D eigenvalue weighted by molar-refractivity contribution is 6.31. The van der Waals surface area contributed by atoms with E-state index >= 15 is 0 Å². The smallest absolute Gasteiger partial charge is 0.322 e. The molecule has 2 aliphatic rings. The number of nitrogens with zero attached hydrogens (tertiary/aromatic N) is 4. The molecular formula is C25H34ClN5O4. The molecule has 0 unspecified atom stereocenters. The monoisotopic (exact) mass is 503 g/mol. The Morgan fingerprint density at radius 1 is 1.40 bits per heavy atom. The molecule has 0 bridgehead atoms. The molecule has 1 fully saturated rings. The highest BCUT2D eigenvalue weighted by Gasteiger charge is 2.45. The van der Waals surface area contributed by atoms with Gasteiger partial charge >= 0.3 is 12.0 Å². The maximum Gasteiger partial charge on any atom is 0.322 e. The van der Waals surface area contributed by atoms with Gasteiger partial charge in [-0.2, -0.15) is 0 Å². The lowest BCUT2D eigenvalue weighted by atomic mass is 9.65. The fraction of sp³-hybridized carbons (Fsp3) is 0.600. The lowest BCUT2D eigenvalue weighted by Gasteiger charge is -2.47. The van der Waals surface area contributed by atoms with Gasteiger partial charge < -0.3 is 20.4 Å². The number of hydrogen-bond acceptors (Lipinski definition) is 4. The summed E-state index contributed by atoms with van der Waals surface area (Å²) in [7, 11) is 0. The van der Waals surface area contributed by atoms with Crippen molar-refractivity contribution in [2.75, 3.05) is 19.7 Å². The van der Waals surface area contributed by atoms with E-state index < -0.39 is 11.5 Å². The number of carboxylic acid groups (broad SMARTS) is 1. The summed E-state index contributed by atoms with van der Waals surface area (Å²) in [6.07, 6.45) is 4.80. The van der Waals surface area contributed by atoms with Crippen LogP contribution in [-0.4, -0.2) is 46.8 Å². The van der Waals surface area contributed by atoms with Crippen molar-refractivity contribution in [1.29, 1.82) is 0 Å². The Bertz CT molecular complexity index is 1050. The largest absolute Gasteiger partial charge is 0.481 e. The van der Waals surface area contributed by atoms with E-state index in [9.17, 15) is 14.7 Å². The number of urea groups is 1. The van der Waals surface area contributed by atoms with Crippen molar-refractivity contribution in [3.63, 3.8) is 0 Å². The van der Waals surface area contributed by atoms with Gasteiger partial charge in [-0.25, -0.2) is 4.79 Å². The number of benzene rings is 1. The molecule has 0 saturated heterocycles. The van der Waals surface area contributed by atoms with Crippen LogP contribution in [0.2, 0.25) is 5.02 Å². The zero-order chi connectivity index (χ0) is 25.8. The van der Waals surface area contributed by atoms with E-state index in [4.69, 9.17) is 22.2 Å². The van der Waals surface area contributed by atoms with E-state index in [0.717, 1.165) is 42.4 Å². The summed E-state index contributed by atoms with van der Waals surface area (Å²) in [6.45, 7) is 6.67. The van der Waals surface area contributed by atoms with E-state index in [1.54, 1.807) is 6.20 Å². The highest BCUT2D eigenvalue weighted by Crippen LogP contribution is 2.47. The highest BCUT2D eigenvalue weighted by atomic mass is 35.5. The Labute approximate surface area is 210 Å². The Balaban J connectivity index is 1.87. The molecule has 3 rings (SSSR count). The van der Waals surface area contributed by atoms with Gasteiger partial charge in [-0.05, 0) is 78.2 Å². The first-order valence-electron chi connectivity index (χ1n) is 11.9. The van der Waals surface area contributed by atoms with Gasteiger partial charge in [-0.15, -0.1) is 0 Å². The molecule has 0 spiro atoms. The van der Waals surface area contributed by atoms with Gasteiger partial charge in [0.15, 0.2) is 0 Å². The molecular weight excluding hydrogens is 470 g/mol. The molecule has 9 nitrogen and oxygen atoms in total. The first-order valence-corrected chi connectivity index (χ1v) is 12.3. The van der Waals surface area contributed by atoms with Crippen LogP contribution in [0.1, 0.15) is 57.6 Å². The van der Waals surface area contributed by atoms with Gasteiger partial charge in [0.05, 0.1) is 12.0 Å². The summed E-state index contributed by atoms with van der Waals surface area (Å²) in [4.78, 5) is 28.2. The third kappa shape index (κ3) is 6.28. The quantitative estimate of drug-likeness (QED) is 0.216. The zero-order valence-corrected chi connectivity index (χ0v) is 21.3. The summed E-state index contributed by atoms with van der Waals surface area (Å²) in [5.41, 5.74) is 10.5. The van der Waals surface area contributed by atoms with Crippen molar-refractivity contribution >= 4 is 23.6 Å². The van der Waals surface area contributed by atoms with E-state index in [-0.39, 0.29) is 42.9 Å². The number of azide groups is 1. The van der Waals surface area contributed by atoms with Crippen molar-refractivity contribution in [3.05, 3.63) is 56.6 Å². The number of halogens is 1. The number of aliphatic hydroxyl groups is 1. The molecule has 1 aromatic rings. The third-order valence-corrected chi connectivity index (χ3v) is 7.61. The van der Waals surface area contributed by atoms with Crippen LogP contribution >= 0.6 is 11.6 Å². The van der Waals surface area contributed by atoms with Crippen molar-refractivity contribution in [1.82, 2.24) is 10.2 Å². The molecule has 0 aromatic heterocycles. The van der Waals surface area contributed by atoms with Gasteiger partial charge in [-0.1, -0.05) is 42.7 Å². The minimum absolute atomic E-state index is 0.0855. The molecule has 1 aliphatic heterocycles. The first kappa shape index (κ1) is 26.9. The Morgan fingerprint density at radius 3 is 2.71 bits per heavy atom. The average molecular weight is 504 g/mol. The Kier molecular flexibility index (Phi) is 8.36. The number of aliphatic carboxylic acids is 1. The number of rotatable bonds is 11. The number of aryl methyl sites for hydroxylation is 1. The van der Waals surface area contributed by atoms with Gasteiger partial charge in [0.1, 0.15) is 0 Å². The van der Waals surface area contributed by atoms with Crippen LogP contribution in [0.25, 0.3) is 10.4 Å². The third-order valence-electron chi connectivity index (χ3n) is 7.25. The summed E-state index contributed by atoms with van der Waals surface area (Å²) < 4.78 is 0. The van der Waals surface area contributed by atoms with Crippen LogP contribution in [0, 0.1) is 17.3 Å². The molecule has 1 atom stereocenters. The van der Waals surface area contributed by atoms with Crippen LogP contribution in [0.3, 0.4) is 0 Å². The van der Waals surface area contributed by atoms with Crippen LogP contribution < -0.4 is 5.32 Å². The van der Waals surface area contributed by atoms with E-state index in [0.29, 0.717) is 11.6 Å². The maximum atomic E-state index is 12.9. The molecule has 10 heteroatoms. The number of hydrogen-bond donors (Lipinski definition) is 3. The summed E-state index contributed by atoms with van der Waals surface area (Å²) in [5, 5.41) is 26.0. The standard InChI is InChI=1S/C25H34ClN5O4/c1-24(2,15-28-30-27)8-6-17-4-5-19(12-21(17)26)25(3)20(18-10-16(11-18)14-32)13-31(23(35)29-25)9-7-22(33)34/h4-5,12-13,16,18,32H,6-11,14-15H2,1-3H3,(H,29,35)(H,33,34)/t16-,18+,25-/m0/s1. The number of amides is 2. The first-order chi connectivity index (χ1) is 16.5. The molecule has 1 heterocycles. The van der Waals surface area contributed by atoms with Crippen LogP contribution in [0.4, 0.5) is 4.79 Å². The molecule has 0 radical (unpaired) electrons. The van der Waals surface area contributed by atoms with Gasteiger partial charge in [0, 0.05) is 35.8 Å². The summed E-state index contributed by atoms with van der Waals surface area (Å²) in [6, 6.07) is 5.49. The lowest BCUT2D eigenvalue weighted by molar-refractivity contribution is -0.137. The number of carboxylic acids is 1. The Hall–Kier alpha value is -2.74. The fourth-order valence-electron chi connectivity index (χ4n) is 4.82. The van der Waals surface area contributed by atoms with Gasteiger partial charge in [0.25, 0.3) is 0 Å². The molecule has 190 valence electrons. The summed E-state index contributed by atoms with van der Waals surface area (Å²) >= 11 is 6.69. The van der Waals surface area contributed by atoms with Crippen molar-refractivity contribution < 1.29 is 19.8 Å². The van der Waals surface area contributed by atoms with Gasteiger partial charge in [-0.3, -0.25) is 4.79 Å². The molecule has 1 aliphatic carbocycles. The van der Waals surface area contributed by atoms with E-state index in [1.165, 1.54) is 4.90 Å². The number of aliphatic hydroxyl groups excluding tert-OH is 1. The topological polar surface area (TPSA) is 139 Å². The Morgan fingerprint density at radius 2 is 2.11 bits per heavy atom.